The van der Waals surface area contributed by atoms with Crippen LogP contribution in [0.15, 0.2) is 18.2 Å². The minimum Gasteiger partial charge on any atom is -0.508 e. The lowest BCUT2D eigenvalue weighted by molar-refractivity contribution is 0.00534. The second-order valence-corrected chi connectivity index (χ2v) is 5.84. The second kappa shape index (κ2) is 6.15. The fraction of sp³-hybridized carbons (Fsp3) is 0.647. The molecule has 0 saturated carbocycles. The molecule has 0 radical (unpaired) electrons. The second-order valence-electron chi connectivity index (χ2n) is 5.84. The maximum atomic E-state index is 9.83. The summed E-state index contributed by atoms with van der Waals surface area (Å²) in [6, 6.07) is 5.68. The summed E-state index contributed by atoms with van der Waals surface area (Å²) in [6.45, 7) is 7.24. The SMILES string of the molecule is CCCO[C@H]1Cc2ccc(O)cc2C(CC)(CC)[C@@H]1N. The molecule has 0 saturated heterocycles. The van der Waals surface area contributed by atoms with Crippen molar-refractivity contribution in [2.24, 2.45) is 5.73 Å². The Hall–Kier alpha value is -1.06. The molecule has 0 amide bonds. The van der Waals surface area contributed by atoms with E-state index in [2.05, 4.69) is 20.8 Å². The van der Waals surface area contributed by atoms with Gasteiger partial charge < -0.3 is 15.6 Å². The molecule has 1 aromatic rings. The highest BCUT2D eigenvalue weighted by atomic mass is 16.5. The van der Waals surface area contributed by atoms with Crippen molar-refractivity contribution >= 4 is 0 Å². The third-order valence-electron chi connectivity index (χ3n) is 4.89. The first-order valence-corrected chi connectivity index (χ1v) is 7.78. The zero-order valence-electron chi connectivity index (χ0n) is 12.9. The lowest BCUT2D eigenvalue weighted by atomic mass is 9.63. The van der Waals surface area contributed by atoms with Crippen LogP contribution in [0.2, 0.25) is 0 Å². The molecule has 1 aliphatic rings. The maximum absolute atomic E-state index is 9.83. The van der Waals surface area contributed by atoms with Gasteiger partial charge in [-0.05, 0) is 42.5 Å². The summed E-state index contributed by atoms with van der Waals surface area (Å²) in [5.74, 6) is 0.329. The molecule has 0 aromatic heterocycles. The van der Waals surface area contributed by atoms with Crippen LogP contribution in [0.25, 0.3) is 0 Å². The fourth-order valence-corrected chi connectivity index (χ4v) is 3.62. The van der Waals surface area contributed by atoms with Crippen molar-refractivity contribution in [2.45, 2.75) is 64.0 Å². The van der Waals surface area contributed by atoms with Crippen LogP contribution in [-0.2, 0) is 16.6 Å². The van der Waals surface area contributed by atoms with Crippen molar-refractivity contribution in [3.05, 3.63) is 29.3 Å². The quantitative estimate of drug-likeness (QED) is 0.869. The van der Waals surface area contributed by atoms with Crippen molar-refractivity contribution in [3.63, 3.8) is 0 Å². The van der Waals surface area contributed by atoms with Crippen LogP contribution >= 0.6 is 0 Å². The van der Waals surface area contributed by atoms with Gasteiger partial charge >= 0.3 is 0 Å². The van der Waals surface area contributed by atoms with Crippen LogP contribution < -0.4 is 5.73 Å². The summed E-state index contributed by atoms with van der Waals surface area (Å²) in [5.41, 5.74) is 8.97. The molecular weight excluding hydrogens is 250 g/mol. The van der Waals surface area contributed by atoms with E-state index in [-0.39, 0.29) is 17.6 Å². The molecule has 3 N–H and O–H groups in total. The van der Waals surface area contributed by atoms with Gasteiger partial charge in [-0.2, -0.15) is 0 Å². The molecule has 1 aromatic carbocycles. The standard InChI is InChI=1S/C17H27NO2/c1-4-9-20-15-10-12-7-8-13(19)11-14(12)17(5-2,6-3)16(15)18/h7-8,11,15-16,19H,4-6,9-10,18H2,1-3H3/t15-,16+/m0/s1. The zero-order valence-corrected chi connectivity index (χ0v) is 12.9. The Morgan fingerprint density at radius 2 is 2.00 bits per heavy atom. The summed E-state index contributed by atoms with van der Waals surface area (Å²) < 4.78 is 6.00. The molecule has 0 heterocycles. The van der Waals surface area contributed by atoms with Gasteiger partial charge in [-0.15, -0.1) is 0 Å². The lowest BCUT2D eigenvalue weighted by Gasteiger charge is -2.47. The summed E-state index contributed by atoms with van der Waals surface area (Å²) in [4.78, 5) is 0. The van der Waals surface area contributed by atoms with Gasteiger partial charge in [0.1, 0.15) is 5.75 Å². The van der Waals surface area contributed by atoms with E-state index in [0.717, 1.165) is 32.3 Å². The molecule has 0 fully saturated rings. The van der Waals surface area contributed by atoms with Gasteiger partial charge in [0.15, 0.2) is 0 Å². The molecule has 20 heavy (non-hydrogen) atoms. The van der Waals surface area contributed by atoms with Crippen molar-refractivity contribution in [1.29, 1.82) is 0 Å². The van der Waals surface area contributed by atoms with Gasteiger partial charge in [0.25, 0.3) is 0 Å². The maximum Gasteiger partial charge on any atom is 0.115 e. The van der Waals surface area contributed by atoms with E-state index in [4.69, 9.17) is 10.5 Å². The van der Waals surface area contributed by atoms with Gasteiger partial charge in [0.05, 0.1) is 6.10 Å². The number of benzene rings is 1. The van der Waals surface area contributed by atoms with Gasteiger partial charge in [0, 0.05) is 24.5 Å². The Labute approximate surface area is 122 Å². The Bertz CT molecular complexity index is 454. The average molecular weight is 277 g/mol. The number of hydrogen-bond acceptors (Lipinski definition) is 3. The van der Waals surface area contributed by atoms with E-state index in [1.165, 1.54) is 11.1 Å². The summed E-state index contributed by atoms with van der Waals surface area (Å²) >= 11 is 0. The normalized spacial score (nSPS) is 24.4. The summed E-state index contributed by atoms with van der Waals surface area (Å²) in [7, 11) is 0. The Morgan fingerprint density at radius 3 is 2.60 bits per heavy atom. The van der Waals surface area contributed by atoms with Crippen molar-refractivity contribution in [1.82, 2.24) is 0 Å². The van der Waals surface area contributed by atoms with Gasteiger partial charge in [-0.1, -0.05) is 26.8 Å². The Kier molecular flexibility index (Phi) is 4.71. The Balaban J connectivity index is 2.45. The van der Waals surface area contributed by atoms with Crippen LogP contribution in [0, 0.1) is 0 Å². The van der Waals surface area contributed by atoms with E-state index >= 15 is 0 Å². The van der Waals surface area contributed by atoms with Crippen molar-refractivity contribution in [2.75, 3.05) is 6.61 Å². The van der Waals surface area contributed by atoms with Crippen LogP contribution in [0.4, 0.5) is 0 Å². The summed E-state index contributed by atoms with van der Waals surface area (Å²) in [6.07, 6.45) is 3.86. The minimum atomic E-state index is -0.0925. The van der Waals surface area contributed by atoms with Crippen molar-refractivity contribution < 1.29 is 9.84 Å². The molecule has 112 valence electrons. The third-order valence-corrected chi connectivity index (χ3v) is 4.89. The van der Waals surface area contributed by atoms with E-state index in [0.29, 0.717) is 5.75 Å². The van der Waals surface area contributed by atoms with E-state index in [1.807, 2.05) is 12.1 Å². The largest absolute Gasteiger partial charge is 0.508 e. The number of aromatic hydroxyl groups is 1. The number of rotatable bonds is 5. The highest BCUT2D eigenvalue weighted by molar-refractivity contribution is 5.44. The number of nitrogens with two attached hydrogens (primary N) is 1. The first kappa shape index (κ1) is 15.3. The van der Waals surface area contributed by atoms with Crippen LogP contribution in [0.3, 0.4) is 0 Å². The molecule has 3 nitrogen and oxygen atoms in total. The number of ether oxygens (including phenoxy) is 1. The molecule has 1 aliphatic carbocycles. The van der Waals surface area contributed by atoms with Gasteiger partial charge in [-0.3, -0.25) is 0 Å². The summed E-state index contributed by atoms with van der Waals surface area (Å²) in [5, 5.41) is 9.83. The molecule has 2 rings (SSSR count). The fourth-order valence-electron chi connectivity index (χ4n) is 3.62. The van der Waals surface area contributed by atoms with E-state index in [9.17, 15) is 5.11 Å². The average Bonchev–Trinajstić information content (AvgIpc) is 2.46. The highest BCUT2D eigenvalue weighted by Crippen LogP contribution is 2.43. The topological polar surface area (TPSA) is 55.5 Å². The Morgan fingerprint density at radius 1 is 1.30 bits per heavy atom. The highest BCUT2D eigenvalue weighted by Gasteiger charge is 2.45. The van der Waals surface area contributed by atoms with E-state index in [1.54, 1.807) is 6.07 Å². The molecule has 0 unspecified atom stereocenters. The molecule has 2 atom stereocenters. The molecule has 3 heteroatoms. The smallest absolute Gasteiger partial charge is 0.115 e. The number of fused-ring (bicyclic) bond motifs is 1. The zero-order chi connectivity index (χ0) is 14.8. The van der Waals surface area contributed by atoms with Crippen molar-refractivity contribution in [3.8, 4) is 5.75 Å². The third kappa shape index (κ3) is 2.45. The minimum absolute atomic E-state index is 0.0154. The lowest BCUT2D eigenvalue weighted by Crippen LogP contribution is -2.56. The predicted octanol–water partition coefficient (Wildman–Crippen LogP) is 3.13. The molecular formula is C17H27NO2. The first-order chi connectivity index (χ1) is 9.58. The van der Waals surface area contributed by atoms with Crippen LogP contribution in [-0.4, -0.2) is 23.9 Å². The predicted molar refractivity (Wildman–Crippen MR) is 82.1 cm³/mol. The van der Waals surface area contributed by atoms with Gasteiger partial charge in [0.2, 0.25) is 0 Å². The van der Waals surface area contributed by atoms with Crippen LogP contribution in [0.5, 0.6) is 5.75 Å². The molecule has 0 bridgehead atoms. The van der Waals surface area contributed by atoms with E-state index < -0.39 is 0 Å². The number of phenolic OH excluding ortho intramolecular Hbond substituents is 1. The van der Waals surface area contributed by atoms with Crippen LogP contribution in [0.1, 0.15) is 51.2 Å². The number of phenols is 1. The monoisotopic (exact) mass is 277 g/mol. The number of hydrogen-bond donors (Lipinski definition) is 2. The molecule has 0 aliphatic heterocycles. The first-order valence-electron chi connectivity index (χ1n) is 7.78. The molecule has 0 spiro atoms. The van der Waals surface area contributed by atoms with Gasteiger partial charge in [-0.25, -0.2) is 0 Å².